The lowest BCUT2D eigenvalue weighted by atomic mass is 10.1. The molecule has 2 aromatic rings. The first-order chi connectivity index (χ1) is 15.8. The van der Waals surface area contributed by atoms with E-state index >= 15 is 0 Å². The van der Waals surface area contributed by atoms with Crippen molar-refractivity contribution in [2.24, 2.45) is 0 Å². The SMILES string of the molecule is O=C(O)CN1CCN(CCN2C(=O)C(=Cc3ccc(-c4ccc(F)c(F)c4)o3)SC2=S)CC1. The number of carbonyl (C=O) groups excluding carboxylic acids is 1. The Balaban J connectivity index is 1.35. The molecule has 1 N–H and O–H groups in total. The monoisotopic (exact) mass is 493 g/mol. The molecule has 3 heterocycles. The lowest BCUT2D eigenvalue weighted by molar-refractivity contribution is -0.138. The predicted molar refractivity (Wildman–Crippen MR) is 124 cm³/mol. The van der Waals surface area contributed by atoms with Gasteiger partial charge in [0.1, 0.15) is 15.8 Å². The minimum atomic E-state index is -0.963. The van der Waals surface area contributed by atoms with Crippen LogP contribution in [-0.4, -0.2) is 81.8 Å². The normalized spacial score (nSPS) is 19.1. The molecule has 0 spiro atoms. The summed E-state index contributed by atoms with van der Waals surface area (Å²) >= 11 is 6.57. The second-order valence-electron chi connectivity index (χ2n) is 7.68. The van der Waals surface area contributed by atoms with E-state index in [1.165, 1.54) is 17.8 Å². The molecule has 4 rings (SSSR count). The van der Waals surface area contributed by atoms with Crippen molar-refractivity contribution in [2.75, 3.05) is 45.8 Å². The Morgan fingerprint density at radius 2 is 1.82 bits per heavy atom. The molecule has 0 unspecified atom stereocenters. The van der Waals surface area contributed by atoms with Crippen molar-refractivity contribution in [3.05, 3.63) is 52.6 Å². The molecule has 0 bridgehead atoms. The quantitative estimate of drug-likeness (QED) is 0.466. The number of hydrogen-bond donors (Lipinski definition) is 1. The summed E-state index contributed by atoms with van der Waals surface area (Å²) in [5.74, 6) is -2.17. The highest BCUT2D eigenvalue weighted by molar-refractivity contribution is 8.26. The smallest absolute Gasteiger partial charge is 0.317 e. The Kier molecular flexibility index (Phi) is 7.23. The molecule has 33 heavy (non-hydrogen) atoms. The zero-order valence-electron chi connectivity index (χ0n) is 17.5. The number of nitrogens with zero attached hydrogens (tertiary/aromatic N) is 3. The van der Waals surface area contributed by atoms with Crippen molar-refractivity contribution in [3.63, 3.8) is 0 Å². The maximum Gasteiger partial charge on any atom is 0.317 e. The van der Waals surface area contributed by atoms with Crippen LogP contribution in [0.15, 0.2) is 39.7 Å². The molecule has 0 aliphatic carbocycles. The molecule has 1 aromatic heterocycles. The number of carboxylic acid groups (broad SMARTS) is 1. The number of carboxylic acids is 1. The van der Waals surface area contributed by atoms with Crippen molar-refractivity contribution in [3.8, 4) is 11.3 Å². The number of hydrogen-bond acceptors (Lipinski definition) is 7. The Morgan fingerprint density at radius 1 is 1.09 bits per heavy atom. The minimum absolute atomic E-state index is 0.0396. The van der Waals surface area contributed by atoms with Gasteiger partial charge in [-0.3, -0.25) is 24.3 Å². The van der Waals surface area contributed by atoms with E-state index in [0.717, 1.165) is 25.2 Å². The van der Waals surface area contributed by atoms with Gasteiger partial charge in [-0.1, -0.05) is 24.0 Å². The summed E-state index contributed by atoms with van der Waals surface area (Å²) in [6, 6.07) is 6.79. The lowest BCUT2D eigenvalue weighted by Crippen LogP contribution is -2.49. The van der Waals surface area contributed by atoms with Gasteiger partial charge < -0.3 is 9.52 Å². The van der Waals surface area contributed by atoms with Crippen LogP contribution < -0.4 is 0 Å². The van der Waals surface area contributed by atoms with Crippen LogP contribution in [0.25, 0.3) is 17.4 Å². The van der Waals surface area contributed by atoms with Crippen LogP contribution in [0.4, 0.5) is 8.78 Å². The fraction of sp³-hybridized carbons (Fsp3) is 0.318. The molecular weight excluding hydrogens is 472 g/mol. The van der Waals surface area contributed by atoms with Crippen molar-refractivity contribution >= 4 is 46.3 Å². The third kappa shape index (κ3) is 5.67. The Bertz CT molecular complexity index is 1110. The van der Waals surface area contributed by atoms with Crippen molar-refractivity contribution < 1.29 is 27.9 Å². The van der Waals surface area contributed by atoms with Crippen molar-refractivity contribution in [1.82, 2.24) is 14.7 Å². The predicted octanol–water partition coefficient (Wildman–Crippen LogP) is 3.13. The molecule has 2 aliphatic rings. The van der Waals surface area contributed by atoms with Gasteiger partial charge in [0.05, 0.1) is 11.4 Å². The second kappa shape index (κ2) is 10.1. The largest absolute Gasteiger partial charge is 0.480 e. The maximum atomic E-state index is 13.5. The number of amides is 1. The van der Waals surface area contributed by atoms with E-state index in [2.05, 4.69) is 4.90 Å². The maximum absolute atomic E-state index is 13.5. The summed E-state index contributed by atoms with van der Waals surface area (Å²) < 4.78 is 32.8. The third-order valence-electron chi connectivity index (χ3n) is 5.44. The van der Waals surface area contributed by atoms with Gasteiger partial charge in [0, 0.05) is 50.9 Å². The first kappa shape index (κ1) is 23.6. The van der Waals surface area contributed by atoms with Gasteiger partial charge >= 0.3 is 5.97 Å². The number of piperazine rings is 1. The number of furan rings is 1. The van der Waals surface area contributed by atoms with E-state index in [0.29, 0.717) is 52.5 Å². The average Bonchev–Trinajstić information content (AvgIpc) is 3.34. The first-order valence-corrected chi connectivity index (χ1v) is 11.5. The molecule has 2 aliphatic heterocycles. The molecule has 174 valence electrons. The number of aliphatic carboxylic acids is 1. The summed E-state index contributed by atoms with van der Waals surface area (Å²) in [7, 11) is 0. The van der Waals surface area contributed by atoms with E-state index in [1.807, 2.05) is 4.90 Å². The number of carbonyl (C=O) groups is 2. The summed E-state index contributed by atoms with van der Waals surface area (Å²) in [4.78, 5) is 29.7. The van der Waals surface area contributed by atoms with Gasteiger partial charge in [-0.2, -0.15) is 0 Å². The molecule has 11 heteroatoms. The van der Waals surface area contributed by atoms with E-state index in [9.17, 15) is 18.4 Å². The summed E-state index contributed by atoms with van der Waals surface area (Å²) in [6.45, 7) is 3.93. The number of rotatable bonds is 7. The van der Waals surface area contributed by atoms with E-state index in [4.69, 9.17) is 21.7 Å². The van der Waals surface area contributed by atoms with Gasteiger partial charge in [-0.15, -0.1) is 0 Å². The molecular formula is C22H21F2N3O4S2. The molecule has 1 aromatic carbocycles. The topological polar surface area (TPSA) is 77.2 Å². The molecule has 7 nitrogen and oxygen atoms in total. The van der Waals surface area contributed by atoms with Crippen LogP contribution in [0.1, 0.15) is 5.76 Å². The fourth-order valence-corrected chi connectivity index (χ4v) is 4.95. The van der Waals surface area contributed by atoms with E-state index in [1.54, 1.807) is 23.1 Å². The first-order valence-electron chi connectivity index (χ1n) is 10.3. The van der Waals surface area contributed by atoms with E-state index < -0.39 is 17.6 Å². The average molecular weight is 494 g/mol. The summed E-state index contributed by atoms with van der Waals surface area (Å²) in [6.07, 6.45) is 1.59. The van der Waals surface area contributed by atoms with Crippen LogP contribution in [0.2, 0.25) is 0 Å². The highest BCUT2D eigenvalue weighted by Crippen LogP contribution is 2.33. The second-order valence-corrected chi connectivity index (χ2v) is 9.35. The summed E-state index contributed by atoms with van der Waals surface area (Å²) in [5, 5.41) is 8.89. The Morgan fingerprint density at radius 3 is 2.52 bits per heavy atom. The highest BCUT2D eigenvalue weighted by atomic mass is 32.2. The summed E-state index contributed by atoms with van der Waals surface area (Å²) in [5.41, 5.74) is 0.393. The van der Waals surface area contributed by atoms with Gasteiger partial charge in [0.15, 0.2) is 11.6 Å². The van der Waals surface area contributed by atoms with Gasteiger partial charge in [-0.05, 0) is 30.3 Å². The zero-order chi connectivity index (χ0) is 23.5. The molecule has 0 saturated carbocycles. The number of benzene rings is 1. The van der Waals surface area contributed by atoms with Gasteiger partial charge in [-0.25, -0.2) is 8.78 Å². The van der Waals surface area contributed by atoms with Crippen LogP contribution in [0.3, 0.4) is 0 Å². The lowest BCUT2D eigenvalue weighted by Gasteiger charge is -2.34. The molecule has 1 amide bonds. The zero-order valence-corrected chi connectivity index (χ0v) is 19.1. The van der Waals surface area contributed by atoms with Crippen LogP contribution in [-0.2, 0) is 9.59 Å². The number of thiocarbonyl (C=S) groups is 1. The van der Waals surface area contributed by atoms with Crippen LogP contribution in [0.5, 0.6) is 0 Å². The minimum Gasteiger partial charge on any atom is -0.480 e. The molecule has 2 saturated heterocycles. The highest BCUT2D eigenvalue weighted by Gasteiger charge is 2.32. The van der Waals surface area contributed by atoms with Crippen molar-refractivity contribution in [1.29, 1.82) is 0 Å². The molecule has 0 radical (unpaired) electrons. The molecule has 0 atom stereocenters. The van der Waals surface area contributed by atoms with Crippen LogP contribution in [0, 0.1) is 11.6 Å². The Labute approximate surface area is 198 Å². The standard InChI is InChI=1S/C22H21F2N3O4S2/c23-16-3-1-14(11-17(16)24)18-4-2-15(31-18)12-19-21(30)27(22(32)33-19)10-9-25-5-7-26(8-6-25)13-20(28)29/h1-4,11-12H,5-10,13H2,(H,28,29). The van der Waals surface area contributed by atoms with Gasteiger partial charge in [0.2, 0.25) is 0 Å². The van der Waals surface area contributed by atoms with Crippen molar-refractivity contribution in [2.45, 2.75) is 0 Å². The molecule has 2 fully saturated rings. The third-order valence-corrected chi connectivity index (χ3v) is 6.82. The number of halogens is 2. The van der Waals surface area contributed by atoms with Gasteiger partial charge in [0.25, 0.3) is 5.91 Å². The van der Waals surface area contributed by atoms with Crippen LogP contribution >= 0.6 is 24.0 Å². The number of thioether (sulfide) groups is 1. The fourth-order valence-electron chi connectivity index (χ4n) is 3.66. The van der Waals surface area contributed by atoms with E-state index in [-0.39, 0.29) is 12.5 Å². The Hall–Kier alpha value is -2.60.